The summed E-state index contributed by atoms with van der Waals surface area (Å²) in [7, 11) is 1.68. The molecule has 1 N–H and O–H groups in total. The zero-order valence-electron chi connectivity index (χ0n) is 14.3. The van der Waals surface area contributed by atoms with E-state index in [1.165, 1.54) is 4.57 Å². The summed E-state index contributed by atoms with van der Waals surface area (Å²) in [4.78, 5) is 31.7. The number of hydrogen-bond acceptors (Lipinski definition) is 6. The number of nitrogens with zero attached hydrogens (tertiary/aromatic N) is 3. The summed E-state index contributed by atoms with van der Waals surface area (Å²) >= 11 is 1.60. The summed E-state index contributed by atoms with van der Waals surface area (Å²) in [6.07, 6.45) is 3.01. The SMILES string of the molecule is CC(C(=O)N1CCOC(CNc2nccn(C)c2=O)C1)c1cccs1. The second-order valence-electron chi connectivity index (χ2n) is 6.09. The number of rotatable bonds is 5. The number of morpholine rings is 1. The lowest BCUT2D eigenvalue weighted by Gasteiger charge is -2.34. The van der Waals surface area contributed by atoms with Crippen LogP contribution in [0.4, 0.5) is 5.82 Å². The number of carbonyl (C=O) groups is 1. The molecule has 2 unspecified atom stereocenters. The molecule has 0 aliphatic carbocycles. The molecule has 0 bridgehead atoms. The fourth-order valence-electron chi connectivity index (χ4n) is 2.81. The molecule has 2 atom stereocenters. The summed E-state index contributed by atoms with van der Waals surface area (Å²) in [5.74, 6) is 0.267. The maximum absolute atomic E-state index is 12.7. The largest absolute Gasteiger partial charge is 0.373 e. The first-order valence-electron chi connectivity index (χ1n) is 8.25. The number of carbonyl (C=O) groups excluding carboxylic acids is 1. The molecule has 3 rings (SSSR count). The highest BCUT2D eigenvalue weighted by molar-refractivity contribution is 7.10. The van der Waals surface area contributed by atoms with E-state index in [1.54, 1.807) is 30.8 Å². The molecule has 1 fully saturated rings. The summed E-state index contributed by atoms with van der Waals surface area (Å²) < 4.78 is 7.20. The number of aryl methyl sites for hydroxylation is 1. The van der Waals surface area contributed by atoms with Crippen molar-refractivity contribution < 1.29 is 9.53 Å². The van der Waals surface area contributed by atoms with Crippen LogP contribution < -0.4 is 10.9 Å². The van der Waals surface area contributed by atoms with Crippen LogP contribution in [0.15, 0.2) is 34.7 Å². The van der Waals surface area contributed by atoms with Crippen molar-refractivity contribution in [2.45, 2.75) is 18.9 Å². The van der Waals surface area contributed by atoms with Gasteiger partial charge in [0.05, 0.1) is 18.6 Å². The van der Waals surface area contributed by atoms with Gasteiger partial charge in [-0.25, -0.2) is 4.98 Å². The molecule has 0 radical (unpaired) electrons. The zero-order chi connectivity index (χ0) is 17.8. The lowest BCUT2D eigenvalue weighted by Crippen LogP contribution is -2.49. The third kappa shape index (κ3) is 4.08. The number of ether oxygens (including phenoxy) is 1. The van der Waals surface area contributed by atoms with Crippen LogP contribution in [0.2, 0.25) is 0 Å². The number of amides is 1. The van der Waals surface area contributed by atoms with Crippen molar-refractivity contribution in [1.29, 1.82) is 0 Å². The van der Waals surface area contributed by atoms with Crippen LogP contribution in [0, 0.1) is 0 Å². The van der Waals surface area contributed by atoms with E-state index in [0.717, 1.165) is 4.88 Å². The second kappa shape index (κ2) is 7.79. The van der Waals surface area contributed by atoms with Gasteiger partial charge in [0, 0.05) is 44.0 Å². The van der Waals surface area contributed by atoms with Gasteiger partial charge in [-0.05, 0) is 18.4 Å². The molecule has 0 spiro atoms. The molecule has 3 heterocycles. The maximum Gasteiger partial charge on any atom is 0.293 e. The molecule has 2 aromatic heterocycles. The first-order valence-corrected chi connectivity index (χ1v) is 9.13. The standard InChI is InChI=1S/C17H22N4O3S/c1-12(14-4-3-9-25-14)16(22)21-7-8-24-13(11-21)10-19-15-17(23)20(2)6-5-18-15/h3-6,9,12-13H,7-8,10-11H2,1-2H3,(H,18,19). The van der Waals surface area contributed by atoms with E-state index in [4.69, 9.17) is 4.74 Å². The molecule has 25 heavy (non-hydrogen) atoms. The fraction of sp³-hybridized carbons (Fsp3) is 0.471. The van der Waals surface area contributed by atoms with E-state index in [-0.39, 0.29) is 23.5 Å². The molecule has 2 aromatic rings. The van der Waals surface area contributed by atoms with Crippen LogP contribution in [-0.2, 0) is 16.6 Å². The van der Waals surface area contributed by atoms with Gasteiger partial charge in [-0.2, -0.15) is 0 Å². The minimum atomic E-state index is -0.183. The Hall–Kier alpha value is -2.19. The Balaban J connectivity index is 1.58. The zero-order valence-corrected chi connectivity index (χ0v) is 15.2. The summed E-state index contributed by atoms with van der Waals surface area (Å²) in [6, 6.07) is 3.95. The molecule has 134 valence electrons. The van der Waals surface area contributed by atoms with E-state index in [0.29, 0.717) is 32.1 Å². The minimum absolute atomic E-state index is 0.115. The van der Waals surface area contributed by atoms with Crippen LogP contribution in [0.5, 0.6) is 0 Å². The number of hydrogen-bond donors (Lipinski definition) is 1. The van der Waals surface area contributed by atoms with Gasteiger partial charge in [-0.15, -0.1) is 11.3 Å². The predicted octanol–water partition coefficient (Wildman–Crippen LogP) is 1.28. The van der Waals surface area contributed by atoms with Gasteiger partial charge in [0.2, 0.25) is 5.91 Å². The van der Waals surface area contributed by atoms with Crippen LogP contribution in [0.1, 0.15) is 17.7 Å². The Labute approximate surface area is 150 Å². The highest BCUT2D eigenvalue weighted by Crippen LogP contribution is 2.23. The molecule has 0 aromatic carbocycles. The maximum atomic E-state index is 12.7. The van der Waals surface area contributed by atoms with Gasteiger partial charge in [0.1, 0.15) is 0 Å². The van der Waals surface area contributed by atoms with Crippen LogP contribution in [0.25, 0.3) is 0 Å². The lowest BCUT2D eigenvalue weighted by molar-refractivity contribution is -0.139. The average Bonchev–Trinajstić information content (AvgIpc) is 3.16. The summed E-state index contributed by atoms with van der Waals surface area (Å²) in [5.41, 5.74) is -0.183. The summed E-state index contributed by atoms with van der Waals surface area (Å²) in [5, 5.41) is 5.02. The topological polar surface area (TPSA) is 76.5 Å². The van der Waals surface area contributed by atoms with Crippen molar-refractivity contribution in [3.63, 3.8) is 0 Å². The van der Waals surface area contributed by atoms with Gasteiger partial charge < -0.3 is 19.5 Å². The molecule has 1 saturated heterocycles. The Bertz CT molecular complexity index is 774. The molecule has 8 heteroatoms. The van der Waals surface area contributed by atoms with Crippen molar-refractivity contribution in [1.82, 2.24) is 14.5 Å². The molecular weight excluding hydrogens is 340 g/mol. The lowest BCUT2D eigenvalue weighted by atomic mass is 10.1. The van der Waals surface area contributed by atoms with Crippen molar-refractivity contribution in [2.24, 2.45) is 7.05 Å². The van der Waals surface area contributed by atoms with Gasteiger partial charge in [0.25, 0.3) is 5.56 Å². The van der Waals surface area contributed by atoms with Crippen molar-refractivity contribution in [3.05, 3.63) is 45.1 Å². The number of nitrogens with one attached hydrogen (secondary N) is 1. The van der Waals surface area contributed by atoms with Gasteiger partial charge in [0.15, 0.2) is 5.82 Å². The molecule has 1 aliphatic rings. The average molecular weight is 362 g/mol. The number of aromatic nitrogens is 2. The molecule has 0 saturated carbocycles. The third-order valence-corrected chi connectivity index (χ3v) is 5.36. The van der Waals surface area contributed by atoms with Gasteiger partial charge in [-0.1, -0.05) is 6.07 Å². The van der Waals surface area contributed by atoms with E-state index in [1.807, 2.05) is 29.3 Å². The highest BCUT2D eigenvalue weighted by Gasteiger charge is 2.28. The summed E-state index contributed by atoms with van der Waals surface area (Å²) in [6.45, 7) is 3.97. The number of thiophene rings is 1. The van der Waals surface area contributed by atoms with Crippen LogP contribution in [0.3, 0.4) is 0 Å². The Morgan fingerprint density at radius 1 is 1.56 bits per heavy atom. The minimum Gasteiger partial charge on any atom is -0.373 e. The van der Waals surface area contributed by atoms with E-state index < -0.39 is 0 Å². The first-order chi connectivity index (χ1) is 12.1. The molecule has 7 nitrogen and oxygen atoms in total. The normalized spacial score (nSPS) is 18.8. The highest BCUT2D eigenvalue weighted by atomic mass is 32.1. The Kier molecular flexibility index (Phi) is 5.50. The van der Waals surface area contributed by atoms with Crippen molar-refractivity contribution >= 4 is 23.1 Å². The van der Waals surface area contributed by atoms with Gasteiger partial charge in [-0.3, -0.25) is 9.59 Å². The molecule has 1 amide bonds. The van der Waals surface area contributed by atoms with E-state index >= 15 is 0 Å². The third-order valence-electron chi connectivity index (χ3n) is 4.30. The Morgan fingerprint density at radius 2 is 2.40 bits per heavy atom. The van der Waals surface area contributed by atoms with Crippen LogP contribution >= 0.6 is 11.3 Å². The fourth-order valence-corrected chi connectivity index (χ4v) is 3.58. The first kappa shape index (κ1) is 17.6. The predicted molar refractivity (Wildman–Crippen MR) is 97.0 cm³/mol. The molecule has 1 aliphatic heterocycles. The quantitative estimate of drug-likeness (QED) is 0.867. The van der Waals surface area contributed by atoms with E-state index in [9.17, 15) is 9.59 Å². The van der Waals surface area contributed by atoms with Crippen LogP contribution in [-0.4, -0.2) is 52.7 Å². The second-order valence-corrected chi connectivity index (χ2v) is 7.07. The monoisotopic (exact) mass is 362 g/mol. The Morgan fingerprint density at radius 3 is 3.16 bits per heavy atom. The smallest absolute Gasteiger partial charge is 0.293 e. The van der Waals surface area contributed by atoms with Crippen molar-refractivity contribution in [3.8, 4) is 0 Å². The van der Waals surface area contributed by atoms with E-state index in [2.05, 4.69) is 10.3 Å². The van der Waals surface area contributed by atoms with Crippen molar-refractivity contribution in [2.75, 3.05) is 31.6 Å². The van der Waals surface area contributed by atoms with Gasteiger partial charge >= 0.3 is 0 Å². The molecular formula is C17H22N4O3S. The number of anilines is 1.